The molecule has 0 saturated carbocycles. The summed E-state index contributed by atoms with van der Waals surface area (Å²) in [5.41, 5.74) is 0.284. The number of aromatic nitrogens is 1. The summed E-state index contributed by atoms with van der Waals surface area (Å²) >= 11 is 0. The standard InChI is InChI=1S/C17H17N3O5/c1-10(21)19-7-2-3-14(19)16(23)18-11-4-5-13-12(9-11)15(22)6-8-20(13)17(24)25/h4-6,8-9,14H,2-3,7H2,1H3,(H,18,23)(H,24,25). The zero-order valence-electron chi connectivity index (χ0n) is 13.6. The highest BCUT2D eigenvalue weighted by Gasteiger charge is 2.32. The molecule has 130 valence electrons. The smallest absolute Gasteiger partial charge is 0.416 e. The van der Waals surface area contributed by atoms with Crippen LogP contribution in [0.4, 0.5) is 10.5 Å². The van der Waals surface area contributed by atoms with Gasteiger partial charge in [-0.25, -0.2) is 4.79 Å². The van der Waals surface area contributed by atoms with Gasteiger partial charge >= 0.3 is 6.09 Å². The van der Waals surface area contributed by atoms with Crippen LogP contribution in [0.3, 0.4) is 0 Å². The van der Waals surface area contributed by atoms with Gasteiger partial charge in [-0.05, 0) is 31.0 Å². The first-order valence-electron chi connectivity index (χ1n) is 7.85. The normalized spacial score (nSPS) is 16.8. The van der Waals surface area contributed by atoms with Gasteiger partial charge in [-0.15, -0.1) is 0 Å². The van der Waals surface area contributed by atoms with E-state index in [4.69, 9.17) is 5.11 Å². The molecular weight excluding hydrogens is 326 g/mol. The number of rotatable bonds is 2. The Kier molecular flexibility index (Phi) is 4.26. The Morgan fingerprint density at radius 2 is 2.00 bits per heavy atom. The summed E-state index contributed by atoms with van der Waals surface area (Å²) in [6.45, 7) is 1.98. The number of nitrogens with zero attached hydrogens (tertiary/aromatic N) is 2. The second kappa shape index (κ2) is 6.39. The Balaban J connectivity index is 1.91. The van der Waals surface area contributed by atoms with Gasteiger partial charge in [0.25, 0.3) is 0 Å². The third-order valence-electron chi connectivity index (χ3n) is 4.33. The maximum Gasteiger partial charge on any atom is 0.416 e. The first-order valence-corrected chi connectivity index (χ1v) is 7.85. The van der Waals surface area contributed by atoms with Crippen molar-refractivity contribution in [3.63, 3.8) is 0 Å². The summed E-state index contributed by atoms with van der Waals surface area (Å²) in [5, 5.41) is 12.1. The van der Waals surface area contributed by atoms with Crippen molar-refractivity contribution in [1.29, 1.82) is 0 Å². The lowest BCUT2D eigenvalue weighted by Gasteiger charge is -2.22. The lowest BCUT2D eigenvalue weighted by Crippen LogP contribution is -2.42. The zero-order chi connectivity index (χ0) is 18.1. The number of amides is 2. The molecule has 2 amide bonds. The number of anilines is 1. The van der Waals surface area contributed by atoms with Gasteiger partial charge in [0.15, 0.2) is 5.43 Å². The van der Waals surface area contributed by atoms with Crippen LogP contribution in [0.25, 0.3) is 10.9 Å². The molecule has 1 fully saturated rings. The van der Waals surface area contributed by atoms with Crippen molar-refractivity contribution in [2.24, 2.45) is 0 Å². The number of pyridine rings is 1. The van der Waals surface area contributed by atoms with E-state index < -0.39 is 12.1 Å². The summed E-state index contributed by atoms with van der Waals surface area (Å²) in [7, 11) is 0. The van der Waals surface area contributed by atoms with Crippen LogP contribution >= 0.6 is 0 Å². The second-order valence-corrected chi connectivity index (χ2v) is 5.92. The molecule has 0 aliphatic carbocycles. The Hall–Kier alpha value is -3.16. The number of nitrogens with one attached hydrogen (secondary N) is 1. The highest BCUT2D eigenvalue weighted by atomic mass is 16.4. The first-order chi connectivity index (χ1) is 11.9. The van der Waals surface area contributed by atoms with Crippen molar-refractivity contribution < 1.29 is 19.5 Å². The molecule has 0 spiro atoms. The highest BCUT2D eigenvalue weighted by Crippen LogP contribution is 2.21. The van der Waals surface area contributed by atoms with E-state index >= 15 is 0 Å². The number of carbonyl (C=O) groups is 3. The van der Waals surface area contributed by atoms with Gasteiger partial charge in [0.05, 0.1) is 5.52 Å². The van der Waals surface area contributed by atoms with E-state index in [0.29, 0.717) is 18.7 Å². The van der Waals surface area contributed by atoms with Crippen LogP contribution < -0.4 is 10.7 Å². The molecule has 2 aromatic rings. The largest absolute Gasteiger partial charge is 0.464 e. The van der Waals surface area contributed by atoms with Crippen molar-refractivity contribution in [3.8, 4) is 0 Å². The van der Waals surface area contributed by atoms with Crippen molar-refractivity contribution in [2.75, 3.05) is 11.9 Å². The van der Waals surface area contributed by atoms with Crippen LogP contribution in [-0.2, 0) is 9.59 Å². The lowest BCUT2D eigenvalue weighted by molar-refractivity contribution is -0.134. The minimum Gasteiger partial charge on any atom is -0.464 e. The Labute approximate surface area is 142 Å². The number of carboxylic acid groups (broad SMARTS) is 1. The van der Waals surface area contributed by atoms with E-state index in [2.05, 4.69) is 5.32 Å². The minimum absolute atomic E-state index is 0.152. The molecule has 8 nitrogen and oxygen atoms in total. The molecular formula is C17H17N3O5. The summed E-state index contributed by atoms with van der Waals surface area (Å²) in [4.78, 5) is 48.8. The van der Waals surface area contributed by atoms with Crippen molar-refractivity contribution in [3.05, 3.63) is 40.7 Å². The van der Waals surface area contributed by atoms with Gasteiger partial charge in [0, 0.05) is 36.8 Å². The lowest BCUT2D eigenvalue weighted by atomic mass is 10.1. The van der Waals surface area contributed by atoms with Crippen LogP contribution in [0.5, 0.6) is 0 Å². The van der Waals surface area contributed by atoms with Gasteiger partial charge in [-0.3, -0.25) is 19.0 Å². The third kappa shape index (κ3) is 3.10. The quantitative estimate of drug-likeness (QED) is 0.858. The third-order valence-corrected chi connectivity index (χ3v) is 4.33. The molecule has 2 N–H and O–H groups in total. The van der Waals surface area contributed by atoms with Crippen LogP contribution in [0, 0.1) is 0 Å². The molecule has 1 atom stereocenters. The van der Waals surface area contributed by atoms with Crippen molar-refractivity contribution in [2.45, 2.75) is 25.8 Å². The molecule has 8 heteroatoms. The van der Waals surface area contributed by atoms with E-state index in [-0.39, 0.29) is 28.1 Å². The predicted molar refractivity (Wildman–Crippen MR) is 90.7 cm³/mol. The van der Waals surface area contributed by atoms with Crippen LogP contribution in [0.1, 0.15) is 19.8 Å². The molecule has 2 heterocycles. The summed E-state index contributed by atoms with van der Waals surface area (Å²) < 4.78 is 0.941. The number of hydrogen-bond donors (Lipinski definition) is 2. The van der Waals surface area contributed by atoms with Gasteiger partial charge in [-0.2, -0.15) is 0 Å². The van der Waals surface area contributed by atoms with Gasteiger partial charge in [0.1, 0.15) is 6.04 Å². The molecule has 0 bridgehead atoms. The number of likely N-dealkylation sites (tertiary alicyclic amines) is 1. The Morgan fingerprint density at radius 3 is 2.68 bits per heavy atom. The van der Waals surface area contributed by atoms with Gasteiger partial charge in [-0.1, -0.05) is 0 Å². The van der Waals surface area contributed by atoms with E-state index in [9.17, 15) is 19.2 Å². The van der Waals surface area contributed by atoms with Crippen LogP contribution in [0.2, 0.25) is 0 Å². The SMILES string of the molecule is CC(=O)N1CCCC1C(=O)Nc1ccc2c(c1)c(=O)ccn2C(=O)O. The monoisotopic (exact) mass is 343 g/mol. The summed E-state index contributed by atoms with van der Waals surface area (Å²) in [6.07, 6.45) is 1.34. The van der Waals surface area contributed by atoms with Crippen LogP contribution in [0.15, 0.2) is 35.3 Å². The summed E-state index contributed by atoms with van der Waals surface area (Å²) in [6, 6.07) is 5.09. The first kappa shape index (κ1) is 16.7. The molecule has 0 radical (unpaired) electrons. The average molecular weight is 343 g/mol. The number of benzene rings is 1. The highest BCUT2D eigenvalue weighted by molar-refractivity contribution is 5.99. The van der Waals surface area contributed by atoms with E-state index in [1.807, 2.05) is 0 Å². The number of hydrogen-bond acceptors (Lipinski definition) is 4. The minimum atomic E-state index is -1.20. The van der Waals surface area contributed by atoms with Crippen molar-refractivity contribution in [1.82, 2.24) is 9.47 Å². The Bertz CT molecular complexity index is 934. The Morgan fingerprint density at radius 1 is 1.24 bits per heavy atom. The molecule has 1 aromatic heterocycles. The molecule has 25 heavy (non-hydrogen) atoms. The summed E-state index contributed by atoms with van der Waals surface area (Å²) in [5.74, 6) is -0.470. The van der Waals surface area contributed by atoms with Gasteiger partial charge < -0.3 is 15.3 Å². The molecule has 3 rings (SSSR count). The number of fused-ring (bicyclic) bond motifs is 1. The number of carbonyl (C=O) groups excluding carboxylic acids is 2. The molecule has 1 aromatic carbocycles. The van der Waals surface area contributed by atoms with Crippen molar-refractivity contribution >= 4 is 34.5 Å². The van der Waals surface area contributed by atoms with Crippen LogP contribution in [-0.4, -0.2) is 45.1 Å². The predicted octanol–water partition coefficient (Wildman–Crippen LogP) is 1.48. The molecule has 1 unspecified atom stereocenters. The maximum absolute atomic E-state index is 12.4. The topological polar surface area (TPSA) is 109 Å². The van der Waals surface area contributed by atoms with E-state index in [1.165, 1.54) is 36.2 Å². The van der Waals surface area contributed by atoms with E-state index in [0.717, 1.165) is 17.1 Å². The fourth-order valence-electron chi connectivity index (χ4n) is 3.14. The van der Waals surface area contributed by atoms with Gasteiger partial charge in [0.2, 0.25) is 11.8 Å². The van der Waals surface area contributed by atoms with E-state index in [1.54, 1.807) is 0 Å². The fraction of sp³-hybridized carbons (Fsp3) is 0.294. The fourth-order valence-corrected chi connectivity index (χ4v) is 3.14. The zero-order valence-corrected chi connectivity index (χ0v) is 13.6. The molecule has 1 aliphatic rings. The second-order valence-electron chi connectivity index (χ2n) is 5.92. The average Bonchev–Trinajstić information content (AvgIpc) is 3.05. The maximum atomic E-state index is 12.4. The molecule has 1 saturated heterocycles. The molecule has 1 aliphatic heterocycles.